The van der Waals surface area contributed by atoms with E-state index in [1.54, 1.807) is 12.1 Å². The zero-order chi connectivity index (χ0) is 18.7. The molecule has 1 amide bonds. The first-order valence-corrected chi connectivity index (χ1v) is 7.78. The first-order chi connectivity index (χ1) is 12.4. The van der Waals surface area contributed by atoms with Gasteiger partial charge in [0.25, 0.3) is 5.91 Å². The number of carbonyl (C=O) groups excluding carboxylic acids is 1. The van der Waals surface area contributed by atoms with E-state index in [0.29, 0.717) is 11.4 Å². The number of hydrogen-bond acceptors (Lipinski definition) is 4. The lowest BCUT2D eigenvalue weighted by Crippen LogP contribution is -2.17. The van der Waals surface area contributed by atoms with Gasteiger partial charge in [0.15, 0.2) is 0 Å². The van der Waals surface area contributed by atoms with E-state index in [9.17, 15) is 14.0 Å². The van der Waals surface area contributed by atoms with Gasteiger partial charge < -0.3 is 10.4 Å². The third-order valence-corrected chi connectivity index (χ3v) is 3.83. The van der Waals surface area contributed by atoms with Crippen LogP contribution >= 0.6 is 11.6 Å². The fourth-order valence-corrected chi connectivity index (χ4v) is 2.34. The van der Waals surface area contributed by atoms with Crippen molar-refractivity contribution in [2.24, 2.45) is 0 Å². The number of aromatic carboxylic acids is 1. The Labute approximate surface area is 152 Å². The lowest BCUT2D eigenvalue weighted by atomic mass is 10.2. The number of hydrogen-bond donors (Lipinski definition) is 2. The van der Waals surface area contributed by atoms with Crippen molar-refractivity contribution in [2.45, 2.75) is 6.54 Å². The summed E-state index contributed by atoms with van der Waals surface area (Å²) in [5, 5.41) is 15.6. The van der Waals surface area contributed by atoms with E-state index in [-0.39, 0.29) is 22.8 Å². The molecule has 0 fully saturated rings. The fraction of sp³-hybridized carbons (Fsp3) is 0.0588. The molecule has 2 N–H and O–H groups in total. The van der Waals surface area contributed by atoms with Crippen LogP contribution in [-0.2, 0) is 6.54 Å². The molecule has 9 heteroatoms. The van der Waals surface area contributed by atoms with Crippen molar-refractivity contribution in [3.8, 4) is 0 Å². The number of benzene rings is 1. The Morgan fingerprint density at radius 2 is 2.04 bits per heavy atom. The standard InChI is InChI=1S/C17H12ClFN4O3/c18-12-3-1-10(7-13(12)19)9-23-15(5-6-21-23)22-16(24)11-2-4-14(17(25)26)20-8-11/h1-8H,9H2,(H,22,24)(H,25,26). The summed E-state index contributed by atoms with van der Waals surface area (Å²) >= 11 is 5.66. The minimum absolute atomic E-state index is 0.0278. The van der Waals surface area contributed by atoms with Gasteiger partial charge in [-0.3, -0.25) is 4.79 Å². The van der Waals surface area contributed by atoms with Gasteiger partial charge in [-0.05, 0) is 29.8 Å². The SMILES string of the molecule is O=C(Nc1ccnn1Cc1ccc(Cl)c(F)c1)c1ccc(C(=O)O)nc1. The summed E-state index contributed by atoms with van der Waals surface area (Å²) in [6, 6.07) is 8.59. The Balaban J connectivity index is 1.74. The lowest BCUT2D eigenvalue weighted by molar-refractivity contribution is 0.0690. The number of amides is 1. The van der Waals surface area contributed by atoms with Crippen LogP contribution in [-0.4, -0.2) is 31.7 Å². The number of rotatable bonds is 5. The second-order valence-corrected chi connectivity index (χ2v) is 5.72. The highest BCUT2D eigenvalue weighted by molar-refractivity contribution is 6.30. The number of aromatic nitrogens is 3. The molecule has 7 nitrogen and oxygen atoms in total. The van der Waals surface area contributed by atoms with Crippen LogP contribution in [0.1, 0.15) is 26.4 Å². The van der Waals surface area contributed by atoms with Gasteiger partial charge in [0, 0.05) is 12.3 Å². The Hall–Kier alpha value is -3.26. The highest BCUT2D eigenvalue weighted by atomic mass is 35.5. The van der Waals surface area contributed by atoms with Crippen LogP contribution in [0.5, 0.6) is 0 Å². The minimum Gasteiger partial charge on any atom is -0.477 e. The number of halogens is 2. The molecule has 2 heterocycles. The molecule has 26 heavy (non-hydrogen) atoms. The zero-order valence-corrected chi connectivity index (χ0v) is 13.9. The topological polar surface area (TPSA) is 97.1 Å². The predicted molar refractivity (Wildman–Crippen MR) is 91.9 cm³/mol. The van der Waals surface area contributed by atoms with Crippen molar-refractivity contribution in [3.63, 3.8) is 0 Å². The largest absolute Gasteiger partial charge is 0.477 e. The first kappa shape index (κ1) is 17.6. The molecule has 132 valence electrons. The number of nitrogens with one attached hydrogen (secondary N) is 1. The van der Waals surface area contributed by atoms with Gasteiger partial charge in [-0.15, -0.1) is 0 Å². The number of carboxylic acid groups (broad SMARTS) is 1. The zero-order valence-electron chi connectivity index (χ0n) is 13.2. The molecule has 0 unspecified atom stereocenters. The van der Waals surface area contributed by atoms with Crippen LogP contribution in [0, 0.1) is 5.82 Å². The molecule has 0 saturated heterocycles. The maximum absolute atomic E-state index is 13.5. The van der Waals surface area contributed by atoms with E-state index in [4.69, 9.17) is 16.7 Å². The smallest absolute Gasteiger partial charge is 0.354 e. The van der Waals surface area contributed by atoms with Crippen LogP contribution < -0.4 is 5.32 Å². The third kappa shape index (κ3) is 3.86. The summed E-state index contributed by atoms with van der Waals surface area (Å²) in [6.45, 7) is 0.229. The molecule has 0 aliphatic heterocycles. The summed E-state index contributed by atoms with van der Waals surface area (Å²) in [5.74, 6) is -1.79. The number of carbonyl (C=O) groups is 2. The highest BCUT2D eigenvalue weighted by Crippen LogP contribution is 2.18. The van der Waals surface area contributed by atoms with Crippen LogP contribution in [0.15, 0.2) is 48.8 Å². The van der Waals surface area contributed by atoms with E-state index in [0.717, 1.165) is 0 Å². The second kappa shape index (κ2) is 7.32. The first-order valence-electron chi connectivity index (χ1n) is 7.40. The molecular formula is C17H12ClFN4O3. The summed E-state index contributed by atoms with van der Waals surface area (Å²) < 4.78 is 15.0. The van der Waals surface area contributed by atoms with Crippen molar-refractivity contribution in [2.75, 3.05) is 5.32 Å². The number of pyridine rings is 1. The average molecular weight is 375 g/mol. The van der Waals surface area contributed by atoms with Crippen molar-refractivity contribution in [1.29, 1.82) is 0 Å². The molecular weight excluding hydrogens is 363 g/mol. The van der Waals surface area contributed by atoms with E-state index in [1.807, 2.05) is 0 Å². The molecule has 0 radical (unpaired) electrons. The van der Waals surface area contributed by atoms with Gasteiger partial charge in [0.1, 0.15) is 17.3 Å². The Kier molecular flexibility index (Phi) is 4.94. The van der Waals surface area contributed by atoms with Crippen molar-refractivity contribution in [1.82, 2.24) is 14.8 Å². The Morgan fingerprint density at radius 1 is 1.23 bits per heavy atom. The quantitative estimate of drug-likeness (QED) is 0.715. The Bertz CT molecular complexity index is 972. The number of nitrogens with zero attached hydrogens (tertiary/aromatic N) is 3. The van der Waals surface area contributed by atoms with Crippen LogP contribution in [0.3, 0.4) is 0 Å². The number of carboxylic acids is 1. The molecule has 0 aliphatic carbocycles. The summed E-state index contributed by atoms with van der Waals surface area (Å²) in [4.78, 5) is 26.8. The van der Waals surface area contributed by atoms with Gasteiger partial charge >= 0.3 is 5.97 Å². The van der Waals surface area contributed by atoms with Gasteiger partial charge in [-0.1, -0.05) is 17.7 Å². The molecule has 0 saturated carbocycles. The predicted octanol–water partition coefficient (Wildman–Crippen LogP) is 3.07. The molecule has 1 aromatic carbocycles. The molecule has 0 bridgehead atoms. The van der Waals surface area contributed by atoms with E-state index >= 15 is 0 Å². The second-order valence-electron chi connectivity index (χ2n) is 5.31. The van der Waals surface area contributed by atoms with Gasteiger partial charge in [-0.2, -0.15) is 5.10 Å². The number of anilines is 1. The van der Waals surface area contributed by atoms with E-state index < -0.39 is 17.7 Å². The van der Waals surface area contributed by atoms with Crippen molar-refractivity contribution < 1.29 is 19.1 Å². The molecule has 0 aliphatic rings. The lowest BCUT2D eigenvalue weighted by Gasteiger charge is -2.09. The van der Waals surface area contributed by atoms with Gasteiger partial charge in [0.2, 0.25) is 0 Å². The van der Waals surface area contributed by atoms with Crippen molar-refractivity contribution in [3.05, 3.63) is 76.5 Å². The molecule has 0 spiro atoms. The third-order valence-electron chi connectivity index (χ3n) is 3.52. The van der Waals surface area contributed by atoms with Crippen LogP contribution in [0.4, 0.5) is 10.2 Å². The van der Waals surface area contributed by atoms with Gasteiger partial charge in [-0.25, -0.2) is 18.9 Å². The highest BCUT2D eigenvalue weighted by Gasteiger charge is 2.12. The van der Waals surface area contributed by atoms with Crippen LogP contribution in [0.25, 0.3) is 0 Å². The Morgan fingerprint density at radius 3 is 2.69 bits per heavy atom. The molecule has 3 rings (SSSR count). The maximum atomic E-state index is 13.5. The van der Waals surface area contributed by atoms with E-state index in [1.165, 1.54) is 41.3 Å². The molecule has 0 atom stereocenters. The normalized spacial score (nSPS) is 10.5. The molecule has 3 aromatic rings. The van der Waals surface area contributed by atoms with Crippen molar-refractivity contribution >= 4 is 29.3 Å². The summed E-state index contributed by atoms with van der Waals surface area (Å²) in [7, 11) is 0. The average Bonchev–Trinajstić information content (AvgIpc) is 3.05. The molecule has 2 aromatic heterocycles. The summed E-state index contributed by atoms with van der Waals surface area (Å²) in [6.07, 6.45) is 2.67. The summed E-state index contributed by atoms with van der Waals surface area (Å²) in [5.41, 5.74) is 0.662. The van der Waals surface area contributed by atoms with Gasteiger partial charge in [0.05, 0.1) is 23.3 Å². The monoisotopic (exact) mass is 374 g/mol. The fourth-order valence-electron chi connectivity index (χ4n) is 2.22. The van der Waals surface area contributed by atoms with E-state index in [2.05, 4.69) is 15.4 Å². The minimum atomic E-state index is -1.18. The maximum Gasteiger partial charge on any atom is 0.354 e. The van der Waals surface area contributed by atoms with Crippen LogP contribution in [0.2, 0.25) is 5.02 Å².